The van der Waals surface area contributed by atoms with E-state index in [0.29, 0.717) is 0 Å². The fraction of sp³-hybridized carbons (Fsp3) is 0.333. The third-order valence-electron chi connectivity index (χ3n) is 1.99. The second kappa shape index (κ2) is 2.91. The number of aryl methyl sites for hydroxylation is 2. The number of benzene rings is 1. The molecule has 0 atom stereocenters. The molecule has 0 saturated carbocycles. The fourth-order valence-electron chi connectivity index (χ4n) is 1.47. The van der Waals surface area contributed by atoms with Gasteiger partial charge in [-0.25, -0.2) is 0 Å². The summed E-state index contributed by atoms with van der Waals surface area (Å²) in [6.07, 6.45) is 3.88. The van der Waals surface area contributed by atoms with E-state index in [4.69, 9.17) is 0 Å². The van der Waals surface area contributed by atoms with Gasteiger partial charge in [0.05, 0.1) is 0 Å². The maximum absolute atomic E-state index is 3.22. The molecule has 0 aromatic heterocycles. The second-order valence-electron chi connectivity index (χ2n) is 2.68. The van der Waals surface area contributed by atoms with Crippen LogP contribution in [0, 0.1) is 9.64 Å². The van der Waals surface area contributed by atoms with Crippen molar-refractivity contribution in [1.29, 1.82) is 0 Å². The molecule has 1 aliphatic carbocycles. The van der Waals surface area contributed by atoms with Gasteiger partial charge in [0.2, 0.25) is 0 Å². The van der Waals surface area contributed by atoms with Crippen LogP contribution in [0.4, 0.5) is 0 Å². The average molecular weight is 510 g/mol. The summed E-state index contributed by atoms with van der Waals surface area (Å²) in [6, 6.07) is 7.61. The fourth-order valence-corrected chi connectivity index (χ4v) is 2.00. The molecule has 2 rings (SSSR count). The summed E-state index contributed by atoms with van der Waals surface area (Å²) in [5.74, 6) is 0. The SMILES string of the molecule is Ic1[c-]cc2c(c1)CCC2.[Rf]. The molecule has 1 aromatic rings. The van der Waals surface area contributed by atoms with Gasteiger partial charge in [-0.05, 0) is 0 Å². The molecule has 2 heteroatoms. The van der Waals surface area contributed by atoms with E-state index in [-0.39, 0.29) is 0 Å². The van der Waals surface area contributed by atoms with E-state index >= 15 is 0 Å². The number of fused-ring (bicyclic) bond motifs is 1. The van der Waals surface area contributed by atoms with Gasteiger partial charge in [-0.15, -0.1) is 0 Å². The quantitative estimate of drug-likeness (QED) is 0.372. The van der Waals surface area contributed by atoms with Crippen LogP contribution in [0.15, 0.2) is 12.1 Å². The Kier molecular flexibility index (Phi) is 2.13. The zero-order valence-electron chi connectivity index (χ0n) is 6.36. The predicted molar refractivity (Wildman–Crippen MR) is 50.0 cm³/mol. The van der Waals surface area contributed by atoms with Crippen LogP contribution in [0.3, 0.4) is 0 Å². The van der Waals surface area contributed by atoms with E-state index in [0.717, 1.165) is 0 Å². The van der Waals surface area contributed by atoms with Crippen molar-refractivity contribution in [3.63, 3.8) is 0 Å². The molecule has 0 nitrogen and oxygen atoms in total. The summed E-state index contributed by atoms with van der Waals surface area (Å²) < 4.78 is 1.25. The largest absolute Gasteiger partial charge is 0.173 e. The van der Waals surface area contributed by atoms with E-state index in [1.807, 2.05) is 0 Å². The molecule has 0 fully saturated rings. The van der Waals surface area contributed by atoms with Crippen molar-refractivity contribution >= 4 is 22.6 Å². The molecule has 0 unspecified atom stereocenters. The van der Waals surface area contributed by atoms with Gasteiger partial charge in [-0.3, -0.25) is 0 Å². The maximum atomic E-state index is 3.22. The normalized spacial score (nSPS) is 13.9. The molecule has 0 saturated heterocycles. The Hall–Kier alpha value is -1.05. The molecule has 54 valence electrons. The summed E-state index contributed by atoms with van der Waals surface area (Å²) in [4.78, 5) is 0. The first-order chi connectivity index (χ1) is 4.86. The summed E-state index contributed by atoms with van der Waals surface area (Å²) in [7, 11) is 0. The van der Waals surface area contributed by atoms with Crippen molar-refractivity contribution in [1.82, 2.24) is 0 Å². The first-order valence-electron chi connectivity index (χ1n) is 3.55. The molecule has 0 bridgehead atoms. The Labute approximate surface area is 74.8 Å². The third-order valence-corrected chi connectivity index (χ3v) is 2.61. The van der Waals surface area contributed by atoms with E-state index in [2.05, 4.69) is 40.8 Å². The van der Waals surface area contributed by atoms with Crippen LogP contribution in [0.1, 0.15) is 17.5 Å². The van der Waals surface area contributed by atoms with Gasteiger partial charge in [-0.1, -0.05) is 45.4 Å². The van der Waals surface area contributed by atoms with Gasteiger partial charge in [0.1, 0.15) is 0 Å². The van der Waals surface area contributed by atoms with Crippen molar-refractivity contribution in [2.24, 2.45) is 0 Å². The number of halogens is 1. The predicted octanol–water partition coefficient (Wildman–Crippen LogP) is 2.58. The minimum atomic E-state index is 0. The molecular formula is C9H8IRf-. The molecule has 0 N–H and O–H groups in total. The van der Waals surface area contributed by atoms with Gasteiger partial charge in [0.15, 0.2) is 0 Å². The summed E-state index contributed by atoms with van der Waals surface area (Å²) in [5, 5.41) is 0. The monoisotopic (exact) mass is 510 g/mol. The Balaban J connectivity index is 0.000000605. The first-order valence-corrected chi connectivity index (χ1v) is 4.63. The van der Waals surface area contributed by atoms with Crippen LogP contribution in [0.2, 0.25) is 0 Å². The zero-order chi connectivity index (χ0) is 6.97. The number of rotatable bonds is 0. The van der Waals surface area contributed by atoms with Crippen LogP contribution >= 0.6 is 22.6 Å². The number of hydrogen-bond donors (Lipinski definition) is 0. The molecule has 0 spiro atoms. The Bertz CT molecular complexity index is 258. The van der Waals surface area contributed by atoms with Crippen LogP contribution in [-0.2, 0) is 12.8 Å². The van der Waals surface area contributed by atoms with E-state index in [9.17, 15) is 0 Å². The van der Waals surface area contributed by atoms with Crippen molar-refractivity contribution < 1.29 is 0 Å². The molecule has 0 amide bonds. The molecule has 11 heavy (non-hydrogen) atoms. The number of hydrogen-bond acceptors (Lipinski definition) is 0. The van der Waals surface area contributed by atoms with Crippen molar-refractivity contribution in [3.05, 3.63) is 32.9 Å². The van der Waals surface area contributed by atoms with Crippen LogP contribution < -0.4 is 0 Å². The minimum Gasteiger partial charge on any atom is -0.173 e. The Morgan fingerprint density at radius 3 is 2.82 bits per heavy atom. The molecule has 0 heterocycles. The summed E-state index contributed by atoms with van der Waals surface area (Å²) >= 11 is 2.32. The minimum absolute atomic E-state index is 0. The van der Waals surface area contributed by atoms with Crippen molar-refractivity contribution in [2.75, 3.05) is 0 Å². The van der Waals surface area contributed by atoms with Crippen molar-refractivity contribution in [2.45, 2.75) is 19.3 Å². The van der Waals surface area contributed by atoms with Crippen molar-refractivity contribution in [3.8, 4) is 0 Å². The van der Waals surface area contributed by atoms with Crippen LogP contribution in [-0.4, -0.2) is 0 Å². The van der Waals surface area contributed by atoms with Gasteiger partial charge >= 0.3 is 0 Å². The summed E-state index contributed by atoms with van der Waals surface area (Å²) in [6.45, 7) is 0. The van der Waals surface area contributed by atoms with E-state index in [1.165, 1.54) is 28.4 Å². The zero-order valence-corrected chi connectivity index (χ0v) is 14.9. The molecule has 0 radical (unpaired) electrons. The topological polar surface area (TPSA) is 0 Å². The van der Waals surface area contributed by atoms with Gasteiger partial charge < -0.3 is 0 Å². The van der Waals surface area contributed by atoms with Gasteiger partial charge in [0.25, 0.3) is 0 Å². The van der Waals surface area contributed by atoms with E-state index in [1.54, 1.807) is 5.56 Å². The molecule has 1 aromatic carbocycles. The average Bonchev–Trinajstić information content (AvgIpc) is 2.33. The van der Waals surface area contributed by atoms with Crippen LogP contribution in [0.25, 0.3) is 0 Å². The molecule has 1 aliphatic rings. The van der Waals surface area contributed by atoms with Gasteiger partial charge in [0, 0.05) is 0 Å². The van der Waals surface area contributed by atoms with Crippen LogP contribution in [0.5, 0.6) is 0 Å². The van der Waals surface area contributed by atoms with E-state index < -0.39 is 0 Å². The summed E-state index contributed by atoms with van der Waals surface area (Å²) in [5.41, 5.74) is 3.06. The first kappa shape index (κ1) is 8.05. The third kappa shape index (κ3) is 1.34. The Morgan fingerprint density at radius 2 is 2.00 bits per heavy atom. The molecule has 0 aliphatic heterocycles. The smallest absolute Gasteiger partial charge is 0 e. The standard InChI is InChI=1S/C9H8I.Rf/c10-9-5-4-7-2-1-3-8(7)6-9;/h4,6H,1-3H2;/q-1;. The molecular weight excluding hydrogens is 502 g/mol. The maximum Gasteiger partial charge on any atom is 0 e. The second-order valence-corrected chi connectivity index (χ2v) is 3.85. The Morgan fingerprint density at radius 1 is 1.27 bits per heavy atom. The van der Waals surface area contributed by atoms with Gasteiger partial charge in [-0.2, -0.15) is 29.3 Å².